The fourth-order valence-corrected chi connectivity index (χ4v) is 3.67. The van der Waals surface area contributed by atoms with E-state index >= 15 is 0 Å². The molecular weight excluding hydrogens is 503 g/mol. The first kappa shape index (κ1) is 25.0. The van der Waals surface area contributed by atoms with Gasteiger partial charge in [-0.2, -0.15) is 5.10 Å². The Hall–Kier alpha value is -4.07. The monoisotopic (exact) mass is 522 g/mol. The first-order valence-electron chi connectivity index (χ1n) is 10.7. The van der Waals surface area contributed by atoms with Crippen molar-refractivity contribution in [1.29, 1.82) is 0 Å². The van der Waals surface area contributed by atoms with Crippen molar-refractivity contribution < 1.29 is 23.8 Å². The molecule has 0 spiro atoms. The van der Waals surface area contributed by atoms with Crippen LogP contribution in [0.2, 0.25) is 10.0 Å². The number of carbonyl (C=O) groups is 2. The molecule has 0 heterocycles. The Balaban J connectivity index is 1.50. The SMILES string of the molecule is COc1ccc(C(=O)Oc2ccc3ccccc3c2/C=N/NC(=O)COc2cccc(Cl)c2Cl)cc1. The van der Waals surface area contributed by atoms with E-state index in [1.807, 2.05) is 30.3 Å². The van der Waals surface area contributed by atoms with Gasteiger partial charge in [-0.05, 0) is 53.2 Å². The molecule has 0 aliphatic rings. The maximum atomic E-state index is 12.7. The van der Waals surface area contributed by atoms with E-state index in [9.17, 15) is 9.59 Å². The van der Waals surface area contributed by atoms with Crippen LogP contribution in [0, 0.1) is 0 Å². The zero-order chi connectivity index (χ0) is 25.5. The van der Waals surface area contributed by atoms with Crippen molar-refractivity contribution >= 4 is 52.1 Å². The van der Waals surface area contributed by atoms with Crippen LogP contribution in [0.1, 0.15) is 15.9 Å². The molecule has 4 aromatic rings. The van der Waals surface area contributed by atoms with Crippen LogP contribution in [0.4, 0.5) is 0 Å². The minimum absolute atomic E-state index is 0.217. The number of amides is 1. The number of nitrogens with zero attached hydrogens (tertiary/aromatic N) is 1. The van der Waals surface area contributed by atoms with Gasteiger partial charge in [-0.3, -0.25) is 4.79 Å². The molecule has 0 atom stereocenters. The molecule has 36 heavy (non-hydrogen) atoms. The highest BCUT2D eigenvalue weighted by Gasteiger charge is 2.14. The van der Waals surface area contributed by atoms with E-state index in [1.165, 1.54) is 6.21 Å². The Bertz CT molecular complexity index is 1440. The molecule has 1 amide bonds. The average molecular weight is 523 g/mol. The molecule has 0 saturated carbocycles. The van der Waals surface area contributed by atoms with Crippen molar-refractivity contribution in [3.05, 3.63) is 100 Å². The minimum Gasteiger partial charge on any atom is -0.497 e. The highest BCUT2D eigenvalue weighted by molar-refractivity contribution is 6.42. The molecule has 0 radical (unpaired) electrons. The molecule has 0 aliphatic carbocycles. The van der Waals surface area contributed by atoms with Crippen LogP contribution in [-0.2, 0) is 4.79 Å². The second kappa shape index (κ2) is 11.6. The normalized spacial score (nSPS) is 10.9. The second-order valence-electron chi connectivity index (χ2n) is 7.45. The van der Waals surface area contributed by atoms with Crippen molar-refractivity contribution in [1.82, 2.24) is 5.43 Å². The van der Waals surface area contributed by atoms with Gasteiger partial charge in [-0.1, -0.05) is 59.6 Å². The summed E-state index contributed by atoms with van der Waals surface area (Å²) < 4.78 is 16.2. The number of fused-ring (bicyclic) bond motifs is 1. The van der Waals surface area contributed by atoms with Gasteiger partial charge in [0.2, 0.25) is 0 Å². The third-order valence-corrected chi connectivity index (χ3v) is 5.92. The first-order chi connectivity index (χ1) is 17.5. The molecule has 4 aromatic carbocycles. The van der Waals surface area contributed by atoms with E-state index in [4.69, 9.17) is 37.4 Å². The fourth-order valence-electron chi connectivity index (χ4n) is 3.32. The smallest absolute Gasteiger partial charge is 0.343 e. The van der Waals surface area contributed by atoms with Crippen LogP contribution >= 0.6 is 23.2 Å². The van der Waals surface area contributed by atoms with Gasteiger partial charge in [0.25, 0.3) is 5.91 Å². The molecule has 1 N–H and O–H groups in total. The molecule has 0 fully saturated rings. The number of methoxy groups -OCH3 is 1. The zero-order valence-corrected chi connectivity index (χ0v) is 20.5. The molecule has 7 nitrogen and oxygen atoms in total. The van der Waals surface area contributed by atoms with E-state index < -0.39 is 11.9 Å². The Morgan fingerprint density at radius 1 is 0.917 bits per heavy atom. The van der Waals surface area contributed by atoms with E-state index in [2.05, 4.69) is 10.5 Å². The predicted octanol–water partition coefficient (Wildman–Crippen LogP) is 5.90. The highest BCUT2D eigenvalue weighted by atomic mass is 35.5. The van der Waals surface area contributed by atoms with Gasteiger partial charge < -0.3 is 14.2 Å². The van der Waals surface area contributed by atoms with E-state index in [1.54, 1.807) is 55.6 Å². The molecule has 0 bridgehead atoms. The van der Waals surface area contributed by atoms with Crippen LogP contribution in [0.15, 0.2) is 84.0 Å². The lowest BCUT2D eigenvalue weighted by molar-refractivity contribution is -0.123. The summed E-state index contributed by atoms with van der Waals surface area (Å²) in [6, 6.07) is 22.5. The lowest BCUT2D eigenvalue weighted by atomic mass is 10.0. The number of rotatable bonds is 8. The van der Waals surface area contributed by atoms with Crippen LogP contribution in [0.5, 0.6) is 17.2 Å². The Morgan fingerprint density at radius 2 is 1.69 bits per heavy atom. The third kappa shape index (κ3) is 5.94. The lowest BCUT2D eigenvalue weighted by Crippen LogP contribution is -2.24. The Kier molecular flexibility index (Phi) is 8.05. The van der Waals surface area contributed by atoms with Crippen molar-refractivity contribution in [2.75, 3.05) is 13.7 Å². The first-order valence-corrected chi connectivity index (χ1v) is 11.5. The summed E-state index contributed by atoms with van der Waals surface area (Å²) in [5.41, 5.74) is 3.28. The summed E-state index contributed by atoms with van der Waals surface area (Å²) in [5.74, 6) is 0.139. The van der Waals surface area contributed by atoms with E-state index in [0.717, 1.165) is 10.8 Å². The number of hydrogen-bond acceptors (Lipinski definition) is 6. The van der Waals surface area contributed by atoms with Gasteiger partial charge in [-0.15, -0.1) is 0 Å². The number of nitrogens with one attached hydrogen (secondary N) is 1. The van der Waals surface area contributed by atoms with Gasteiger partial charge >= 0.3 is 5.97 Å². The number of halogens is 2. The predicted molar refractivity (Wildman–Crippen MR) is 140 cm³/mol. The minimum atomic E-state index is -0.543. The molecule has 9 heteroatoms. The number of benzene rings is 4. The quantitative estimate of drug-likeness (QED) is 0.135. The van der Waals surface area contributed by atoms with Crippen LogP contribution in [0.25, 0.3) is 10.8 Å². The summed E-state index contributed by atoms with van der Waals surface area (Å²) in [4.78, 5) is 25.0. The van der Waals surface area contributed by atoms with E-state index in [0.29, 0.717) is 21.9 Å². The summed E-state index contributed by atoms with van der Waals surface area (Å²) in [6.45, 7) is -0.327. The summed E-state index contributed by atoms with van der Waals surface area (Å²) in [5, 5.41) is 6.27. The Morgan fingerprint density at radius 3 is 2.47 bits per heavy atom. The van der Waals surface area contributed by atoms with Crippen molar-refractivity contribution in [3.63, 3.8) is 0 Å². The maximum Gasteiger partial charge on any atom is 0.343 e. The second-order valence-corrected chi connectivity index (χ2v) is 8.24. The summed E-state index contributed by atoms with van der Waals surface area (Å²) >= 11 is 12.0. The topological polar surface area (TPSA) is 86.2 Å². The summed E-state index contributed by atoms with van der Waals surface area (Å²) in [6.07, 6.45) is 1.42. The van der Waals surface area contributed by atoms with Crippen LogP contribution in [0.3, 0.4) is 0 Å². The average Bonchev–Trinajstić information content (AvgIpc) is 2.90. The largest absolute Gasteiger partial charge is 0.497 e. The zero-order valence-electron chi connectivity index (χ0n) is 19.0. The van der Waals surface area contributed by atoms with E-state index in [-0.39, 0.29) is 23.1 Å². The molecule has 182 valence electrons. The number of carbonyl (C=O) groups excluding carboxylic acids is 2. The lowest BCUT2D eigenvalue weighted by Gasteiger charge is -2.11. The molecule has 0 aromatic heterocycles. The van der Waals surface area contributed by atoms with Gasteiger partial charge in [0.15, 0.2) is 6.61 Å². The fraction of sp³-hybridized carbons (Fsp3) is 0.0741. The third-order valence-electron chi connectivity index (χ3n) is 5.12. The number of esters is 1. The maximum absolute atomic E-state index is 12.7. The Labute approximate surface area is 217 Å². The number of hydrazone groups is 1. The van der Waals surface area contributed by atoms with Crippen molar-refractivity contribution in [3.8, 4) is 17.2 Å². The highest BCUT2D eigenvalue weighted by Crippen LogP contribution is 2.31. The van der Waals surface area contributed by atoms with Gasteiger partial charge in [0.1, 0.15) is 22.3 Å². The number of ether oxygens (including phenoxy) is 3. The molecule has 0 aliphatic heterocycles. The van der Waals surface area contributed by atoms with Crippen LogP contribution < -0.4 is 19.6 Å². The number of hydrogen-bond donors (Lipinski definition) is 1. The standard InChI is InChI=1S/C27H20Cl2N2O5/c1-34-19-12-9-18(10-13-19)27(33)36-23-14-11-17-5-2-3-6-20(17)21(23)15-30-31-25(32)16-35-24-8-4-7-22(28)26(24)29/h2-15H,16H2,1H3,(H,31,32)/b30-15+. The van der Waals surface area contributed by atoms with Crippen LogP contribution in [-0.4, -0.2) is 31.8 Å². The molecule has 0 unspecified atom stereocenters. The molecule has 0 saturated heterocycles. The molecular formula is C27H20Cl2N2O5. The van der Waals surface area contributed by atoms with Crippen molar-refractivity contribution in [2.24, 2.45) is 5.10 Å². The van der Waals surface area contributed by atoms with Crippen molar-refractivity contribution in [2.45, 2.75) is 0 Å². The van der Waals surface area contributed by atoms with Gasteiger partial charge in [-0.25, -0.2) is 10.2 Å². The van der Waals surface area contributed by atoms with Gasteiger partial charge in [0.05, 0.1) is 23.9 Å². The van der Waals surface area contributed by atoms with Gasteiger partial charge in [0, 0.05) is 5.56 Å². The summed E-state index contributed by atoms with van der Waals surface area (Å²) in [7, 11) is 1.55. The molecule has 4 rings (SSSR count).